The first-order chi connectivity index (χ1) is 13.2. The van der Waals surface area contributed by atoms with Crippen LogP contribution in [0.3, 0.4) is 0 Å². The smallest absolute Gasteiger partial charge is 0.213 e. The van der Waals surface area contributed by atoms with Crippen molar-refractivity contribution in [2.45, 2.75) is 56.4 Å². The third kappa shape index (κ3) is 5.15. The Morgan fingerprint density at radius 3 is 2.29 bits per heavy atom. The quantitative estimate of drug-likeness (QED) is 0.286. The first-order valence-corrected chi connectivity index (χ1v) is 10.2. The van der Waals surface area contributed by atoms with Gasteiger partial charge in [0.2, 0.25) is 5.85 Å². The number of aromatic hydroxyl groups is 2. The second-order valence-corrected chi connectivity index (χ2v) is 8.21. The van der Waals surface area contributed by atoms with Gasteiger partial charge in [0.1, 0.15) is 5.75 Å². The van der Waals surface area contributed by atoms with Crippen LogP contribution in [-0.2, 0) is 6.42 Å². The molecule has 0 bridgehead atoms. The number of benzene rings is 2. The highest BCUT2D eigenvalue weighted by Crippen LogP contribution is 2.33. The molecule has 1 aliphatic rings. The number of hydrogen-bond acceptors (Lipinski definition) is 6. The zero-order chi connectivity index (χ0) is 20.3. The molecule has 0 aliphatic heterocycles. The van der Waals surface area contributed by atoms with Crippen molar-refractivity contribution < 1.29 is 20.1 Å². The van der Waals surface area contributed by atoms with E-state index in [1.54, 1.807) is 6.07 Å². The maximum atomic E-state index is 9.82. The van der Waals surface area contributed by atoms with E-state index in [2.05, 4.69) is 9.24 Å². The zero-order valence-corrected chi connectivity index (χ0v) is 17.0. The molecule has 0 saturated heterocycles. The Bertz CT molecular complexity index is 803. The van der Waals surface area contributed by atoms with Crippen molar-refractivity contribution in [2.24, 2.45) is 11.5 Å². The lowest BCUT2D eigenvalue weighted by molar-refractivity contribution is 0.0734. The van der Waals surface area contributed by atoms with Crippen LogP contribution in [0.2, 0.25) is 0 Å². The van der Waals surface area contributed by atoms with E-state index in [4.69, 9.17) is 16.2 Å². The molecule has 0 radical (unpaired) electrons. The third-order valence-corrected chi connectivity index (χ3v) is 6.07. The molecule has 6 nitrogen and oxygen atoms in total. The Hall–Kier alpha value is -1.85. The van der Waals surface area contributed by atoms with Gasteiger partial charge in [-0.3, -0.25) is 11.5 Å². The largest absolute Gasteiger partial charge is 0.504 e. The number of ether oxygens (including phenoxy) is 1. The van der Waals surface area contributed by atoms with Gasteiger partial charge in [-0.05, 0) is 67.3 Å². The lowest BCUT2D eigenvalue weighted by Gasteiger charge is -2.28. The van der Waals surface area contributed by atoms with E-state index < -0.39 is 5.85 Å². The van der Waals surface area contributed by atoms with Gasteiger partial charge in [-0.25, -0.2) is 0 Å². The summed E-state index contributed by atoms with van der Waals surface area (Å²) in [6.45, 7) is 0. The summed E-state index contributed by atoms with van der Waals surface area (Å²) >= 11 is 0. The fraction of sp³-hybridized carbons (Fsp3) is 0.429. The number of aryl methyl sites for hydroxylation is 1. The molecule has 1 atom stereocenters. The van der Waals surface area contributed by atoms with Crippen molar-refractivity contribution in [3.63, 3.8) is 0 Å². The number of aliphatic hydroxyl groups is 1. The van der Waals surface area contributed by atoms with E-state index in [0.29, 0.717) is 29.8 Å². The van der Waals surface area contributed by atoms with Crippen LogP contribution in [0.5, 0.6) is 17.2 Å². The normalized spacial score (nSPS) is 20.1. The van der Waals surface area contributed by atoms with Crippen molar-refractivity contribution >= 4 is 14.5 Å². The highest BCUT2D eigenvalue weighted by atomic mass is 31.0. The summed E-state index contributed by atoms with van der Waals surface area (Å²) in [6.07, 6.45) is 4.35. The average molecular weight is 404 g/mol. The van der Waals surface area contributed by atoms with Gasteiger partial charge in [-0.1, -0.05) is 18.2 Å². The van der Waals surface area contributed by atoms with E-state index in [-0.39, 0.29) is 17.6 Å². The molecule has 152 valence electrons. The van der Waals surface area contributed by atoms with Gasteiger partial charge in [0, 0.05) is 11.7 Å². The van der Waals surface area contributed by atoms with Crippen LogP contribution in [0, 0.1) is 0 Å². The molecule has 1 saturated carbocycles. The van der Waals surface area contributed by atoms with E-state index in [1.807, 2.05) is 24.3 Å². The molecule has 2 aromatic rings. The minimum atomic E-state index is -1.36. The van der Waals surface area contributed by atoms with Crippen molar-refractivity contribution in [1.29, 1.82) is 0 Å². The van der Waals surface area contributed by atoms with Crippen LogP contribution in [0.1, 0.15) is 49.1 Å². The monoisotopic (exact) mass is 404 g/mol. The SMILES string of the molecule is NC(N)(CCc1ccc(O)c(O)c1P)Oc1ccc(C2CCC(O)CC2)cc1. The van der Waals surface area contributed by atoms with Gasteiger partial charge < -0.3 is 20.1 Å². The Balaban J connectivity index is 1.58. The zero-order valence-electron chi connectivity index (χ0n) is 15.8. The lowest BCUT2D eigenvalue weighted by atomic mass is 9.83. The fourth-order valence-corrected chi connectivity index (χ4v) is 4.06. The molecule has 1 aliphatic carbocycles. The fourth-order valence-electron chi connectivity index (χ4n) is 3.67. The number of phenolic OH excluding ortho intramolecular Hbond substituents is 2. The second kappa shape index (κ2) is 8.66. The average Bonchev–Trinajstić information content (AvgIpc) is 2.67. The van der Waals surface area contributed by atoms with Crippen LogP contribution in [0.4, 0.5) is 0 Å². The van der Waals surface area contributed by atoms with Gasteiger partial charge in [0.05, 0.1) is 6.10 Å². The molecule has 1 unspecified atom stereocenters. The minimum absolute atomic E-state index is 0.158. The van der Waals surface area contributed by atoms with Gasteiger partial charge >= 0.3 is 0 Å². The summed E-state index contributed by atoms with van der Waals surface area (Å²) in [5.74, 6) is -0.607. The number of phenols is 2. The summed E-state index contributed by atoms with van der Waals surface area (Å²) in [5.41, 5.74) is 14.3. The van der Waals surface area contributed by atoms with Crippen LogP contribution in [-0.4, -0.2) is 27.3 Å². The molecule has 0 heterocycles. The van der Waals surface area contributed by atoms with Crippen LogP contribution in [0.15, 0.2) is 36.4 Å². The van der Waals surface area contributed by atoms with Gasteiger partial charge in [-0.15, -0.1) is 9.24 Å². The van der Waals surface area contributed by atoms with Crippen molar-refractivity contribution in [3.05, 3.63) is 47.5 Å². The maximum Gasteiger partial charge on any atom is 0.213 e. The molecule has 0 aromatic heterocycles. The molecular formula is C21H29N2O4P. The molecular weight excluding hydrogens is 375 g/mol. The highest BCUT2D eigenvalue weighted by molar-refractivity contribution is 7.28. The Kier molecular flexibility index (Phi) is 6.46. The Labute approximate surface area is 167 Å². The molecule has 0 amide bonds. The molecule has 1 fully saturated rings. The number of nitrogens with two attached hydrogens (primary N) is 2. The summed E-state index contributed by atoms with van der Waals surface area (Å²) in [7, 11) is 2.42. The number of aliphatic hydroxyl groups excluding tert-OH is 1. The van der Waals surface area contributed by atoms with E-state index in [1.165, 1.54) is 11.6 Å². The van der Waals surface area contributed by atoms with Gasteiger partial charge in [0.15, 0.2) is 11.5 Å². The Morgan fingerprint density at radius 2 is 1.64 bits per heavy atom. The molecule has 0 spiro atoms. The summed E-state index contributed by atoms with van der Waals surface area (Å²) in [4.78, 5) is 0. The summed E-state index contributed by atoms with van der Waals surface area (Å²) in [5, 5.41) is 29.5. The van der Waals surface area contributed by atoms with Crippen LogP contribution < -0.4 is 21.5 Å². The van der Waals surface area contributed by atoms with Gasteiger partial charge in [-0.2, -0.15) is 0 Å². The standard InChI is InChI=1S/C21H29N2O4P/c22-21(23,12-11-15-5-10-18(25)19(26)20(15)28)27-17-8-3-14(4-9-17)13-1-6-16(24)7-2-13/h3-5,8-10,13,16,24-26H,1-2,6-7,11-12,22-23,28H2. The first-order valence-electron chi connectivity index (χ1n) is 9.59. The Morgan fingerprint density at radius 1 is 1.00 bits per heavy atom. The molecule has 7 heteroatoms. The molecule has 7 N–H and O–H groups in total. The predicted octanol–water partition coefficient (Wildman–Crippen LogP) is 2.20. The van der Waals surface area contributed by atoms with Crippen LogP contribution >= 0.6 is 9.24 Å². The lowest BCUT2D eigenvalue weighted by Crippen LogP contribution is -2.55. The topological polar surface area (TPSA) is 122 Å². The minimum Gasteiger partial charge on any atom is -0.504 e. The third-order valence-electron chi connectivity index (χ3n) is 5.43. The van der Waals surface area contributed by atoms with E-state index >= 15 is 0 Å². The predicted molar refractivity (Wildman–Crippen MR) is 113 cm³/mol. The molecule has 2 aromatic carbocycles. The van der Waals surface area contributed by atoms with Gasteiger partial charge in [0.25, 0.3) is 0 Å². The van der Waals surface area contributed by atoms with Crippen molar-refractivity contribution in [3.8, 4) is 17.2 Å². The second-order valence-electron chi connectivity index (χ2n) is 7.64. The number of rotatable bonds is 6. The van der Waals surface area contributed by atoms with E-state index in [0.717, 1.165) is 31.2 Å². The van der Waals surface area contributed by atoms with Crippen molar-refractivity contribution in [2.75, 3.05) is 0 Å². The highest BCUT2D eigenvalue weighted by Gasteiger charge is 2.24. The summed E-state index contributed by atoms with van der Waals surface area (Å²) in [6, 6.07) is 11.0. The molecule has 3 rings (SSSR count). The maximum absolute atomic E-state index is 9.82. The first kappa shape index (κ1) is 20.9. The van der Waals surface area contributed by atoms with E-state index in [9.17, 15) is 15.3 Å². The number of hydrogen-bond donors (Lipinski definition) is 5. The molecule has 28 heavy (non-hydrogen) atoms. The van der Waals surface area contributed by atoms with Crippen molar-refractivity contribution in [1.82, 2.24) is 0 Å². The van der Waals surface area contributed by atoms with Crippen LogP contribution in [0.25, 0.3) is 0 Å². The summed E-state index contributed by atoms with van der Waals surface area (Å²) < 4.78 is 5.77.